The van der Waals surface area contributed by atoms with E-state index >= 15 is 0 Å². The number of piperidine rings is 1. The molecule has 1 atom stereocenters. The molecule has 1 unspecified atom stereocenters. The molecular weight excluding hydrogens is 251 g/mol. The topological polar surface area (TPSA) is 16.1 Å². The molecule has 1 saturated heterocycles. The van der Waals surface area contributed by atoms with E-state index in [2.05, 4.69) is 16.8 Å². The van der Waals surface area contributed by atoms with Crippen LogP contribution in [0.2, 0.25) is 5.15 Å². The molecule has 0 spiro atoms. The third-order valence-corrected chi connectivity index (χ3v) is 4.75. The first-order valence-corrected chi connectivity index (χ1v) is 6.93. The number of alkyl halides is 1. The predicted molar refractivity (Wildman–Crippen MR) is 67.3 cm³/mol. The minimum absolute atomic E-state index is 0.457. The summed E-state index contributed by atoms with van der Waals surface area (Å²) in [7, 11) is 0. The summed E-state index contributed by atoms with van der Waals surface area (Å²) in [6.45, 7) is 3.33. The molecule has 0 aromatic carbocycles. The summed E-state index contributed by atoms with van der Waals surface area (Å²) in [5.41, 5.74) is 0. The van der Waals surface area contributed by atoms with Crippen LogP contribution in [0.25, 0.3) is 0 Å². The molecule has 1 aliphatic heterocycles. The van der Waals surface area contributed by atoms with Crippen molar-refractivity contribution >= 4 is 39.7 Å². The summed E-state index contributed by atoms with van der Waals surface area (Å²) in [6.07, 6.45) is 3.81. The average Bonchev–Trinajstić information content (AvgIpc) is 2.60. The van der Waals surface area contributed by atoms with E-state index in [-0.39, 0.29) is 0 Å². The molecule has 0 N–H and O–H groups in total. The highest BCUT2D eigenvalue weighted by Gasteiger charge is 2.22. The summed E-state index contributed by atoms with van der Waals surface area (Å²) < 4.78 is 0. The number of thiazole rings is 1. The van der Waals surface area contributed by atoms with Crippen molar-refractivity contribution in [1.82, 2.24) is 4.98 Å². The molecule has 2 rings (SSSR count). The van der Waals surface area contributed by atoms with E-state index in [0.717, 1.165) is 16.6 Å². The van der Waals surface area contributed by atoms with Gasteiger partial charge in [-0.1, -0.05) is 22.9 Å². The van der Waals surface area contributed by atoms with Crippen LogP contribution in [-0.2, 0) is 5.88 Å². The van der Waals surface area contributed by atoms with E-state index < -0.39 is 0 Å². The van der Waals surface area contributed by atoms with Crippen LogP contribution < -0.4 is 4.90 Å². The Morgan fingerprint density at radius 1 is 1.53 bits per heavy atom. The minimum atomic E-state index is 0.457. The maximum absolute atomic E-state index is 6.00. The molecule has 1 aliphatic rings. The summed E-state index contributed by atoms with van der Waals surface area (Å²) in [4.78, 5) is 7.70. The van der Waals surface area contributed by atoms with Crippen molar-refractivity contribution in [2.75, 3.05) is 11.4 Å². The number of rotatable bonds is 2. The summed E-state index contributed by atoms with van der Waals surface area (Å²) in [5, 5.41) is 1.60. The third-order valence-electron chi connectivity index (χ3n) is 2.81. The number of hydrogen-bond donors (Lipinski definition) is 0. The van der Waals surface area contributed by atoms with E-state index in [0.29, 0.717) is 17.1 Å². The number of halogens is 2. The standard InChI is InChI=1S/C10H14Cl2N2S/c1-7-4-2-3-5-14(7)10-13-9(12)8(6-11)15-10/h7H,2-6H2,1H3. The van der Waals surface area contributed by atoms with Crippen LogP contribution in [-0.4, -0.2) is 17.6 Å². The Morgan fingerprint density at radius 3 is 2.93 bits per heavy atom. The molecular formula is C10H14Cl2N2S. The second-order valence-electron chi connectivity index (χ2n) is 3.88. The van der Waals surface area contributed by atoms with Crippen molar-refractivity contribution in [1.29, 1.82) is 0 Å². The first-order chi connectivity index (χ1) is 7.22. The molecule has 0 bridgehead atoms. The van der Waals surface area contributed by atoms with Crippen LogP contribution in [0.1, 0.15) is 31.1 Å². The van der Waals surface area contributed by atoms with Crippen LogP contribution >= 0.6 is 34.5 Å². The Morgan fingerprint density at radius 2 is 2.33 bits per heavy atom. The van der Waals surface area contributed by atoms with Crippen molar-refractivity contribution in [3.8, 4) is 0 Å². The maximum Gasteiger partial charge on any atom is 0.187 e. The van der Waals surface area contributed by atoms with Gasteiger partial charge in [0.25, 0.3) is 0 Å². The van der Waals surface area contributed by atoms with Gasteiger partial charge < -0.3 is 4.90 Å². The zero-order valence-electron chi connectivity index (χ0n) is 8.67. The van der Waals surface area contributed by atoms with Crippen molar-refractivity contribution in [3.05, 3.63) is 10.0 Å². The fourth-order valence-corrected chi connectivity index (χ4v) is 3.51. The normalized spacial score (nSPS) is 22.1. The second kappa shape index (κ2) is 4.89. The van der Waals surface area contributed by atoms with Crippen molar-refractivity contribution in [3.63, 3.8) is 0 Å². The maximum atomic E-state index is 6.00. The molecule has 1 fully saturated rings. The fourth-order valence-electron chi connectivity index (χ4n) is 1.91. The summed E-state index contributed by atoms with van der Waals surface area (Å²) >= 11 is 13.4. The van der Waals surface area contributed by atoms with Crippen molar-refractivity contribution in [2.24, 2.45) is 0 Å². The lowest BCUT2D eigenvalue weighted by atomic mass is 10.1. The highest BCUT2D eigenvalue weighted by molar-refractivity contribution is 7.16. The Balaban J connectivity index is 2.20. The quantitative estimate of drug-likeness (QED) is 0.753. The van der Waals surface area contributed by atoms with Gasteiger partial charge in [0.05, 0.1) is 10.8 Å². The molecule has 15 heavy (non-hydrogen) atoms. The first-order valence-electron chi connectivity index (χ1n) is 5.20. The van der Waals surface area contributed by atoms with Crippen LogP contribution in [0.5, 0.6) is 0 Å². The second-order valence-corrected chi connectivity index (χ2v) is 5.57. The van der Waals surface area contributed by atoms with Gasteiger partial charge in [0.15, 0.2) is 5.13 Å². The van der Waals surface area contributed by atoms with Crippen LogP contribution in [0, 0.1) is 0 Å². The fraction of sp³-hybridized carbons (Fsp3) is 0.700. The van der Waals surface area contributed by atoms with E-state index in [1.807, 2.05) is 0 Å². The van der Waals surface area contributed by atoms with Gasteiger partial charge in [-0.15, -0.1) is 11.6 Å². The SMILES string of the molecule is CC1CCCCN1c1nc(Cl)c(CCl)s1. The largest absolute Gasteiger partial charge is 0.345 e. The molecule has 0 amide bonds. The summed E-state index contributed by atoms with van der Waals surface area (Å²) in [6, 6.07) is 0.573. The van der Waals surface area contributed by atoms with Gasteiger partial charge in [-0.3, -0.25) is 0 Å². The number of hydrogen-bond acceptors (Lipinski definition) is 3. The number of anilines is 1. The van der Waals surface area contributed by atoms with Gasteiger partial charge in [0.2, 0.25) is 0 Å². The van der Waals surface area contributed by atoms with Gasteiger partial charge in [0, 0.05) is 12.6 Å². The molecule has 5 heteroatoms. The van der Waals surface area contributed by atoms with E-state index in [4.69, 9.17) is 23.2 Å². The lowest BCUT2D eigenvalue weighted by molar-refractivity contribution is 0.484. The van der Waals surface area contributed by atoms with E-state index in [9.17, 15) is 0 Å². The van der Waals surface area contributed by atoms with Gasteiger partial charge in [0.1, 0.15) is 5.15 Å². The molecule has 2 heterocycles. The zero-order chi connectivity index (χ0) is 10.8. The first kappa shape index (κ1) is 11.5. The van der Waals surface area contributed by atoms with Crippen molar-refractivity contribution in [2.45, 2.75) is 38.1 Å². The molecule has 0 radical (unpaired) electrons. The predicted octanol–water partition coefficient (Wildman–Crippen LogP) is 3.91. The molecule has 0 aliphatic carbocycles. The lowest BCUT2D eigenvalue weighted by Gasteiger charge is -2.32. The number of aromatic nitrogens is 1. The van der Waals surface area contributed by atoms with Gasteiger partial charge >= 0.3 is 0 Å². The Hall–Kier alpha value is 0.01000. The highest BCUT2D eigenvalue weighted by Crippen LogP contribution is 2.33. The smallest absolute Gasteiger partial charge is 0.187 e. The monoisotopic (exact) mass is 264 g/mol. The Labute approximate surface area is 104 Å². The highest BCUT2D eigenvalue weighted by atomic mass is 35.5. The van der Waals surface area contributed by atoms with Crippen LogP contribution in [0.3, 0.4) is 0 Å². The molecule has 84 valence electrons. The Kier molecular flexibility index (Phi) is 3.75. The molecule has 0 saturated carbocycles. The van der Waals surface area contributed by atoms with Crippen molar-refractivity contribution < 1.29 is 0 Å². The lowest BCUT2D eigenvalue weighted by Crippen LogP contribution is -2.37. The third kappa shape index (κ3) is 2.40. The average molecular weight is 265 g/mol. The van der Waals surface area contributed by atoms with Crippen LogP contribution in [0.15, 0.2) is 0 Å². The van der Waals surface area contributed by atoms with E-state index in [1.54, 1.807) is 11.3 Å². The molecule has 2 nitrogen and oxygen atoms in total. The van der Waals surface area contributed by atoms with Gasteiger partial charge in [-0.05, 0) is 26.2 Å². The Bertz CT molecular complexity index is 340. The molecule has 1 aromatic heterocycles. The zero-order valence-corrected chi connectivity index (χ0v) is 11.0. The van der Waals surface area contributed by atoms with E-state index in [1.165, 1.54) is 19.3 Å². The molecule has 1 aromatic rings. The minimum Gasteiger partial charge on any atom is -0.345 e. The number of nitrogens with zero attached hydrogens (tertiary/aromatic N) is 2. The van der Waals surface area contributed by atoms with Gasteiger partial charge in [-0.25, -0.2) is 4.98 Å². The summed E-state index contributed by atoms with van der Waals surface area (Å²) in [5.74, 6) is 0.457. The van der Waals surface area contributed by atoms with Gasteiger partial charge in [-0.2, -0.15) is 0 Å². The van der Waals surface area contributed by atoms with Crippen LogP contribution in [0.4, 0.5) is 5.13 Å².